The Kier molecular flexibility index (Phi) is 8.48. The number of nitrogens with two attached hydrogens (primary N) is 1. The molecule has 142 valence electrons. The zero-order valence-electron chi connectivity index (χ0n) is 14.6. The summed E-state index contributed by atoms with van der Waals surface area (Å²) in [6, 6.07) is 13.2. The number of rotatable bonds is 7. The monoisotopic (exact) mass is 384 g/mol. The molecule has 0 aliphatic carbocycles. The van der Waals surface area contributed by atoms with Gasteiger partial charge in [-0.25, -0.2) is 0 Å². The van der Waals surface area contributed by atoms with Gasteiger partial charge in [0.05, 0.1) is 0 Å². The molecule has 0 bridgehead atoms. The minimum Gasteiger partial charge on any atom is -0.435 e. The molecule has 2 aromatic rings. The summed E-state index contributed by atoms with van der Waals surface area (Å²) in [5.41, 5.74) is 8.48. The quantitative estimate of drug-likeness (QED) is 0.749. The van der Waals surface area contributed by atoms with Gasteiger partial charge in [-0.3, -0.25) is 4.79 Å². The van der Waals surface area contributed by atoms with Crippen molar-refractivity contribution >= 4 is 18.3 Å². The third kappa shape index (κ3) is 6.28. The molecular weight excluding hydrogens is 362 g/mol. The molecule has 1 amide bonds. The van der Waals surface area contributed by atoms with Gasteiger partial charge in [0.15, 0.2) is 0 Å². The van der Waals surface area contributed by atoms with Crippen LogP contribution in [-0.4, -0.2) is 19.1 Å². The van der Waals surface area contributed by atoms with Gasteiger partial charge in [-0.15, -0.1) is 12.4 Å². The van der Waals surface area contributed by atoms with Crippen LogP contribution in [0.25, 0.3) is 0 Å². The fourth-order valence-electron chi connectivity index (χ4n) is 2.36. The Hall–Kier alpha value is -2.18. The molecule has 1 atom stereocenters. The van der Waals surface area contributed by atoms with Crippen LogP contribution in [0.15, 0.2) is 48.5 Å². The number of amides is 1. The van der Waals surface area contributed by atoms with Crippen LogP contribution in [-0.2, 0) is 0 Å². The molecule has 2 aromatic carbocycles. The average molecular weight is 385 g/mol. The van der Waals surface area contributed by atoms with Crippen LogP contribution in [0.1, 0.15) is 47.3 Å². The smallest absolute Gasteiger partial charge is 0.387 e. The number of hydrogen-bond acceptors (Lipinski definition) is 3. The van der Waals surface area contributed by atoms with Gasteiger partial charge in [0, 0.05) is 18.2 Å². The Labute approximate surface area is 158 Å². The number of halogens is 3. The predicted octanol–water partition coefficient (Wildman–Crippen LogP) is 4.26. The second-order valence-corrected chi connectivity index (χ2v) is 6.04. The lowest BCUT2D eigenvalue weighted by molar-refractivity contribution is -0.0498. The highest BCUT2D eigenvalue weighted by Crippen LogP contribution is 2.18. The summed E-state index contributed by atoms with van der Waals surface area (Å²) >= 11 is 0. The van der Waals surface area contributed by atoms with Gasteiger partial charge in [0.25, 0.3) is 5.91 Å². The van der Waals surface area contributed by atoms with E-state index in [4.69, 9.17) is 5.73 Å². The third-order valence-electron chi connectivity index (χ3n) is 3.84. The molecule has 0 fully saturated rings. The molecule has 0 spiro atoms. The standard InChI is InChI=1S/C19H22F2N2O2.ClH/c1-12(2)13-6-8-14(9-7-13)17(22)11-23-18(24)15-4-3-5-16(10-15)25-19(20)21;/h3-10,12,17,19H,11,22H2,1-2H3,(H,23,24);1H. The van der Waals surface area contributed by atoms with E-state index in [9.17, 15) is 13.6 Å². The molecule has 26 heavy (non-hydrogen) atoms. The van der Waals surface area contributed by atoms with E-state index in [0.29, 0.717) is 5.92 Å². The van der Waals surface area contributed by atoms with Crippen molar-refractivity contribution in [1.29, 1.82) is 0 Å². The van der Waals surface area contributed by atoms with E-state index in [0.717, 1.165) is 5.56 Å². The Morgan fingerprint density at radius 1 is 1.12 bits per heavy atom. The fraction of sp³-hybridized carbons (Fsp3) is 0.316. The minimum atomic E-state index is -2.93. The van der Waals surface area contributed by atoms with Crippen LogP contribution in [0, 0.1) is 0 Å². The molecule has 0 saturated heterocycles. The summed E-state index contributed by atoms with van der Waals surface area (Å²) in [5, 5.41) is 2.71. The number of carbonyl (C=O) groups excluding carboxylic acids is 1. The first kappa shape index (κ1) is 21.9. The number of alkyl halides is 2. The fourth-order valence-corrected chi connectivity index (χ4v) is 2.36. The molecule has 3 N–H and O–H groups in total. The zero-order chi connectivity index (χ0) is 18.4. The van der Waals surface area contributed by atoms with Crippen molar-refractivity contribution in [3.63, 3.8) is 0 Å². The maximum absolute atomic E-state index is 12.2. The van der Waals surface area contributed by atoms with Gasteiger partial charge in [-0.1, -0.05) is 44.2 Å². The highest BCUT2D eigenvalue weighted by Gasteiger charge is 2.12. The van der Waals surface area contributed by atoms with Gasteiger partial charge in [0.1, 0.15) is 5.75 Å². The maximum atomic E-state index is 12.2. The van der Waals surface area contributed by atoms with Gasteiger partial charge in [0.2, 0.25) is 0 Å². The molecule has 2 rings (SSSR count). The van der Waals surface area contributed by atoms with E-state index in [2.05, 4.69) is 23.9 Å². The van der Waals surface area contributed by atoms with Crippen LogP contribution in [0.5, 0.6) is 5.75 Å². The summed E-state index contributed by atoms with van der Waals surface area (Å²) in [5.74, 6) is -0.0158. The second kappa shape index (κ2) is 10.1. The molecule has 0 aliphatic rings. The summed E-state index contributed by atoms with van der Waals surface area (Å²) in [4.78, 5) is 12.2. The Balaban J connectivity index is 0.00000338. The van der Waals surface area contributed by atoms with Crippen molar-refractivity contribution in [3.05, 3.63) is 65.2 Å². The van der Waals surface area contributed by atoms with Crippen molar-refractivity contribution in [2.45, 2.75) is 32.4 Å². The summed E-state index contributed by atoms with van der Waals surface area (Å²) in [6.07, 6.45) is 0. The van der Waals surface area contributed by atoms with Crippen LogP contribution < -0.4 is 15.8 Å². The Morgan fingerprint density at radius 3 is 2.31 bits per heavy atom. The highest BCUT2D eigenvalue weighted by atomic mass is 35.5. The molecule has 0 aliphatic heterocycles. The first-order valence-corrected chi connectivity index (χ1v) is 8.05. The summed E-state index contributed by atoms with van der Waals surface area (Å²) in [7, 11) is 0. The van der Waals surface area contributed by atoms with Crippen LogP contribution in [0.2, 0.25) is 0 Å². The first-order chi connectivity index (χ1) is 11.9. The number of benzene rings is 2. The number of ether oxygens (including phenoxy) is 1. The second-order valence-electron chi connectivity index (χ2n) is 6.04. The number of hydrogen-bond donors (Lipinski definition) is 2. The zero-order valence-corrected chi connectivity index (χ0v) is 15.4. The van der Waals surface area contributed by atoms with E-state index in [1.54, 1.807) is 0 Å². The Bertz CT molecular complexity index is 709. The Morgan fingerprint density at radius 2 is 1.73 bits per heavy atom. The van der Waals surface area contributed by atoms with Crippen molar-refractivity contribution in [2.24, 2.45) is 5.73 Å². The molecule has 0 radical (unpaired) electrons. The molecule has 0 saturated carbocycles. The number of nitrogens with one attached hydrogen (secondary N) is 1. The maximum Gasteiger partial charge on any atom is 0.387 e. The summed E-state index contributed by atoms with van der Waals surface area (Å²) < 4.78 is 28.8. The molecule has 0 aromatic heterocycles. The van der Waals surface area contributed by atoms with Crippen LogP contribution >= 0.6 is 12.4 Å². The molecule has 0 heterocycles. The average Bonchev–Trinajstić information content (AvgIpc) is 2.59. The topological polar surface area (TPSA) is 64.3 Å². The molecule has 7 heteroatoms. The van der Waals surface area contributed by atoms with Crippen molar-refractivity contribution in [3.8, 4) is 5.75 Å². The number of carbonyl (C=O) groups is 1. The van der Waals surface area contributed by atoms with Gasteiger partial charge >= 0.3 is 6.61 Å². The minimum absolute atomic E-state index is 0. The highest BCUT2D eigenvalue weighted by molar-refractivity contribution is 5.94. The van der Waals surface area contributed by atoms with Gasteiger partial charge < -0.3 is 15.8 Å². The lowest BCUT2D eigenvalue weighted by Crippen LogP contribution is -2.31. The lowest BCUT2D eigenvalue weighted by Gasteiger charge is -2.15. The largest absolute Gasteiger partial charge is 0.435 e. The summed E-state index contributed by atoms with van der Waals surface area (Å²) in [6.45, 7) is 1.53. The molecular formula is C19H23ClF2N2O2. The van der Waals surface area contributed by atoms with Crippen LogP contribution in [0.3, 0.4) is 0 Å². The lowest BCUT2D eigenvalue weighted by atomic mass is 9.99. The molecule has 1 unspecified atom stereocenters. The van der Waals surface area contributed by atoms with E-state index >= 15 is 0 Å². The van der Waals surface area contributed by atoms with Crippen LogP contribution in [0.4, 0.5) is 8.78 Å². The van der Waals surface area contributed by atoms with E-state index in [1.807, 2.05) is 24.3 Å². The van der Waals surface area contributed by atoms with E-state index in [-0.39, 0.29) is 36.3 Å². The van der Waals surface area contributed by atoms with Gasteiger partial charge in [-0.2, -0.15) is 8.78 Å². The normalized spacial score (nSPS) is 11.8. The first-order valence-electron chi connectivity index (χ1n) is 8.05. The third-order valence-corrected chi connectivity index (χ3v) is 3.84. The molecule has 4 nitrogen and oxygen atoms in total. The van der Waals surface area contributed by atoms with E-state index < -0.39 is 12.5 Å². The van der Waals surface area contributed by atoms with E-state index in [1.165, 1.54) is 29.8 Å². The van der Waals surface area contributed by atoms with Crippen molar-refractivity contribution in [2.75, 3.05) is 6.54 Å². The van der Waals surface area contributed by atoms with Gasteiger partial charge in [-0.05, 0) is 35.2 Å². The predicted molar refractivity (Wildman–Crippen MR) is 100 cm³/mol. The van der Waals surface area contributed by atoms with Crippen molar-refractivity contribution < 1.29 is 18.3 Å². The van der Waals surface area contributed by atoms with Crippen molar-refractivity contribution in [1.82, 2.24) is 5.32 Å². The SMILES string of the molecule is CC(C)c1ccc(C(N)CNC(=O)c2cccc(OC(F)F)c2)cc1.Cl.